The van der Waals surface area contributed by atoms with Crippen LogP contribution >= 0.6 is 0 Å². The molecule has 3 heteroatoms. The molecule has 1 heterocycles. The van der Waals surface area contributed by atoms with Gasteiger partial charge < -0.3 is 10.2 Å². The fourth-order valence-corrected chi connectivity index (χ4v) is 5.05. The van der Waals surface area contributed by atoms with E-state index in [0.29, 0.717) is 27.9 Å². The Balaban J connectivity index is 1.90. The van der Waals surface area contributed by atoms with E-state index >= 15 is 0 Å². The Bertz CT molecular complexity index is 1170. The molecule has 0 bridgehead atoms. The van der Waals surface area contributed by atoms with Gasteiger partial charge in [-0.25, -0.2) is 0 Å². The summed E-state index contributed by atoms with van der Waals surface area (Å²) in [6, 6.07) is 43.8. The van der Waals surface area contributed by atoms with Crippen molar-refractivity contribution in [1.82, 2.24) is 4.98 Å². The molecule has 3 nitrogen and oxygen atoms in total. The molecule has 172 valence electrons. The predicted octanol–water partition coefficient (Wildman–Crippen LogP) is 6.04. The molecule has 0 unspecified atom stereocenters. The number of nitrogens with zero attached hydrogens (tertiary/aromatic N) is 1. The third-order valence-electron chi connectivity index (χ3n) is 6.67. The minimum absolute atomic E-state index is 0.581. The molecule has 0 spiro atoms. The minimum Gasteiger partial charge on any atom is -0.380 e. The van der Waals surface area contributed by atoms with Crippen molar-refractivity contribution >= 4 is 0 Å². The molecule has 4 aromatic carbocycles. The van der Waals surface area contributed by atoms with Gasteiger partial charge in [-0.05, 0) is 34.4 Å². The normalized spacial score (nSPS) is 12.0. The molecular weight excluding hydrogens is 430 g/mol. The Labute approximate surface area is 206 Å². The molecule has 0 fully saturated rings. The SMILES string of the molecule is OC(c1ccccc1)(c1ccccc1)C(c1ccccn1)C(O)(c1ccccc1)c1ccccc1. The summed E-state index contributed by atoms with van der Waals surface area (Å²) < 4.78 is 0. The molecule has 0 saturated carbocycles. The van der Waals surface area contributed by atoms with Gasteiger partial charge in [-0.1, -0.05) is 127 Å². The average molecular weight is 458 g/mol. The maximum atomic E-state index is 12.9. The van der Waals surface area contributed by atoms with Gasteiger partial charge in [0.15, 0.2) is 0 Å². The zero-order valence-corrected chi connectivity index (χ0v) is 19.3. The number of pyridine rings is 1. The van der Waals surface area contributed by atoms with Crippen LogP contribution in [0.2, 0.25) is 0 Å². The van der Waals surface area contributed by atoms with Crippen LogP contribution in [0.5, 0.6) is 0 Å². The lowest BCUT2D eigenvalue weighted by Gasteiger charge is -2.46. The molecule has 5 aromatic rings. The fraction of sp³-hybridized carbons (Fsp3) is 0.0938. The lowest BCUT2D eigenvalue weighted by Crippen LogP contribution is -2.48. The van der Waals surface area contributed by atoms with Gasteiger partial charge >= 0.3 is 0 Å². The Hall–Kier alpha value is -4.05. The number of aromatic nitrogens is 1. The number of hydrogen-bond donors (Lipinski definition) is 2. The molecule has 5 rings (SSSR count). The molecule has 2 N–H and O–H groups in total. The van der Waals surface area contributed by atoms with Crippen molar-refractivity contribution < 1.29 is 10.2 Å². The third-order valence-corrected chi connectivity index (χ3v) is 6.67. The second-order valence-electron chi connectivity index (χ2n) is 8.68. The number of aliphatic hydroxyl groups is 2. The van der Waals surface area contributed by atoms with Gasteiger partial charge in [0.25, 0.3) is 0 Å². The van der Waals surface area contributed by atoms with Crippen molar-refractivity contribution in [3.8, 4) is 0 Å². The zero-order valence-electron chi connectivity index (χ0n) is 19.3. The van der Waals surface area contributed by atoms with Crippen LogP contribution in [0.4, 0.5) is 0 Å². The third kappa shape index (κ3) is 4.06. The van der Waals surface area contributed by atoms with E-state index < -0.39 is 17.1 Å². The smallest absolute Gasteiger partial charge is 0.126 e. The van der Waals surface area contributed by atoms with Crippen molar-refractivity contribution in [1.29, 1.82) is 0 Å². The van der Waals surface area contributed by atoms with Gasteiger partial charge in [0.2, 0.25) is 0 Å². The molecule has 0 aliphatic heterocycles. The van der Waals surface area contributed by atoms with E-state index in [2.05, 4.69) is 0 Å². The van der Waals surface area contributed by atoms with Crippen molar-refractivity contribution in [2.75, 3.05) is 0 Å². The largest absolute Gasteiger partial charge is 0.380 e. The summed E-state index contributed by atoms with van der Waals surface area (Å²) in [5.41, 5.74) is 0.0469. The monoisotopic (exact) mass is 457 g/mol. The van der Waals surface area contributed by atoms with E-state index in [0.717, 1.165) is 0 Å². The zero-order chi connectivity index (χ0) is 24.1. The van der Waals surface area contributed by atoms with Gasteiger partial charge in [0.1, 0.15) is 11.2 Å². The van der Waals surface area contributed by atoms with Gasteiger partial charge in [-0.3, -0.25) is 4.98 Å². The molecule has 1 aromatic heterocycles. The highest BCUT2D eigenvalue weighted by Crippen LogP contribution is 2.53. The lowest BCUT2D eigenvalue weighted by atomic mass is 9.62. The van der Waals surface area contributed by atoms with Crippen molar-refractivity contribution in [2.24, 2.45) is 0 Å². The summed E-state index contributed by atoms with van der Waals surface area (Å²) in [6.07, 6.45) is 1.70. The summed E-state index contributed by atoms with van der Waals surface area (Å²) in [5, 5.41) is 25.9. The first-order valence-corrected chi connectivity index (χ1v) is 11.7. The van der Waals surface area contributed by atoms with Crippen LogP contribution in [0.3, 0.4) is 0 Å². The highest BCUT2D eigenvalue weighted by molar-refractivity contribution is 5.49. The second-order valence-corrected chi connectivity index (χ2v) is 8.68. The highest BCUT2D eigenvalue weighted by atomic mass is 16.3. The molecule has 0 radical (unpaired) electrons. The maximum absolute atomic E-state index is 12.9. The van der Waals surface area contributed by atoms with Crippen LogP contribution in [0, 0.1) is 0 Å². The van der Waals surface area contributed by atoms with Gasteiger partial charge in [0, 0.05) is 6.20 Å². The fourth-order valence-electron chi connectivity index (χ4n) is 5.05. The van der Waals surface area contributed by atoms with Gasteiger partial charge in [0.05, 0.1) is 11.6 Å². The van der Waals surface area contributed by atoms with Crippen LogP contribution in [0.25, 0.3) is 0 Å². The Morgan fingerprint density at radius 1 is 0.429 bits per heavy atom. The highest BCUT2D eigenvalue weighted by Gasteiger charge is 2.54. The standard InChI is InChI=1S/C32H27NO2/c34-31(25-15-5-1-6-16-25,26-17-7-2-8-18-26)30(29-23-13-14-24-33-29)32(35,27-19-9-3-10-20-27)28-21-11-4-12-22-28/h1-24,30,34-35H. The number of rotatable bonds is 7. The maximum Gasteiger partial charge on any atom is 0.126 e. The van der Waals surface area contributed by atoms with Crippen LogP contribution in [-0.4, -0.2) is 15.2 Å². The molecule has 0 atom stereocenters. The van der Waals surface area contributed by atoms with Crippen molar-refractivity contribution in [3.05, 3.63) is 174 Å². The van der Waals surface area contributed by atoms with E-state index in [1.54, 1.807) is 6.20 Å². The second kappa shape index (κ2) is 9.67. The van der Waals surface area contributed by atoms with E-state index in [4.69, 9.17) is 4.98 Å². The summed E-state index contributed by atoms with van der Waals surface area (Å²) in [6.45, 7) is 0. The molecule has 0 amide bonds. The van der Waals surface area contributed by atoms with E-state index in [-0.39, 0.29) is 0 Å². The topological polar surface area (TPSA) is 53.4 Å². The van der Waals surface area contributed by atoms with Crippen LogP contribution in [0.1, 0.15) is 33.9 Å². The van der Waals surface area contributed by atoms with Crippen LogP contribution in [-0.2, 0) is 11.2 Å². The van der Waals surface area contributed by atoms with Crippen LogP contribution in [0.15, 0.2) is 146 Å². The minimum atomic E-state index is -1.61. The first-order valence-electron chi connectivity index (χ1n) is 11.7. The van der Waals surface area contributed by atoms with Crippen molar-refractivity contribution in [3.63, 3.8) is 0 Å². The number of benzene rings is 4. The molecule has 0 saturated heterocycles. The summed E-state index contributed by atoms with van der Waals surface area (Å²) in [5.74, 6) is -0.884. The van der Waals surface area contributed by atoms with Gasteiger partial charge in [-0.2, -0.15) is 0 Å². The van der Waals surface area contributed by atoms with Crippen molar-refractivity contribution in [2.45, 2.75) is 17.1 Å². The molecular formula is C32H27NO2. The summed E-state index contributed by atoms with van der Waals surface area (Å²) in [4.78, 5) is 4.69. The average Bonchev–Trinajstić information content (AvgIpc) is 2.95. The Kier molecular flexibility index (Phi) is 6.28. The Morgan fingerprint density at radius 3 is 1.03 bits per heavy atom. The van der Waals surface area contributed by atoms with E-state index in [1.807, 2.05) is 140 Å². The van der Waals surface area contributed by atoms with E-state index in [9.17, 15) is 10.2 Å². The molecule has 0 aliphatic carbocycles. The van der Waals surface area contributed by atoms with Gasteiger partial charge in [-0.15, -0.1) is 0 Å². The first-order chi connectivity index (χ1) is 17.1. The first kappa shape index (κ1) is 22.7. The quantitative estimate of drug-likeness (QED) is 0.313. The Morgan fingerprint density at radius 2 is 0.743 bits per heavy atom. The lowest BCUT2D eigenvalue weighted by molar-refractivity contribution is -0.0569. The molecule has 35 heavy (non-hydrogen) atoms. The van der Waals surface area contributed by atoms with Crippen LogP contribution < -0.4 is 0 Å². The predicted molar refractivity (Wildman–Crippen MR) is 139 cm³/mol. The molecule has 0 aliphatic rings. The van der Waals surface area contributed by atoms with E-state index in [1.165, 1.54) is 0 Å². The summed E-state index contributed by atoms with van der Waals surface area (Å²) >= 11 is 0. The number of hydrogen-bond acceptors (Lipinski definition) is 3. The summed E-state index contributed by atoms with van der Waals surface area (Å²) in [7, 11) is 0.